The van der Waals surface area contributed by atoms with Gasteiger partial charge in [0.25, 0.3) is 0 Å². The highest BCUT2D eigenvalue weighted by Crippen LogP contribution is 2.22. The van der Waals surface area contributed by atoms with Crippen LogP contribution in [0.3, 0.4) is 0 Å². The molecule has 0 saturated carbocycles. The average molecular weight is 337 g/mol. The van der Waals surface area contributed by atoms with Crippen LogP contribution in [0.2, 0.25) is 0 Å². The molecule has 7 heteroatoms. The summed E-state index contributed by atoms with van der Waals surface area (Å²) < 4.78 is 0.786. The van der Waals surface area contributed by atoms with E-state index in [1.807, 2.05) is 0 Å². The van der Waals surface area contributed by atoms with Crippen LogP contribution >= 0.6 is 15.9 Å². The second-order valence-electron chi connectivity index (χ2n) is 4.22. The summed E-state index contributed by atoms with van der Waals surface area (Å²) in [6, 6.07) is 6.38. The molecule has 1 aromatic carbocycles. The largest absolute Gasteiger partial charge is 0.394 e. The second-order valence-corrected chi connectivity index (χ2v) is 5.13. The Labute approximate surface area is 118 Å². The lowest BCUT2D eigenvalue weighted by Gasteiger charge is -2.28. The Morgan fingerprint density at radius 3 is 1.84 bits per heavy atom. The Hall–Kier alpha value is -0.540. The summed E-state index contributed by atoms with van der Waals surface area (Å²) in [5, 5.41) is 56.6. The number of halogens is 1. The molecule has 0 aliphatic rings. The first kappa shape index (κ1) is 16.5. The molecule has 5 atom stereocenters. The lowest BCUT2D eigenvalue weighted by molar-refractivity contribution is -0.141. The molecule has 0 fully saturated rings. The van der Waals surface area contributed by atoms with Gasteiger partial charge in [-0.05, 0) is 17.7 Å². The molecule has 108 valence electrons. The van der Waals surface area contributed by atoms with Crippen LogP contribution in [-0.2, 0) is 0 Å². The Kier molecular flexibility index (Phi) is 6.34. The molecule has 0 aromatic heterocycles. The summed E-state index contributed by atoms with van der Waals surface area (Å²) in [5.41, 5.74) is 0.348. The third-order valence-electron chi connectivity index (χ3n) is 2.82. The van der Waals surface area contributed by atoms with Crippen molar-refractivity contribution in [3.8, 4) is 0 Å². The van der Waals surface area contributed by atoms with Gasteiger partial charge >= 0.3 is 0 Å². The normalized spacial score (nSPS) is 19.5. The molecule has 0 aliphatic heterocycles. The third kappa shape index (κ3) is 4.22. The van der Waals surface area contributed by atoms with Crippen molar-refractivity contribution in [3.05, 3.63) is 34.3 Å². The number of rotatable bonds is 6. The van der Waals surface area contributed by atoms with E-state index in [2.05, 4.69) is 15.9 Å². The molecule has 0 heterocycles. The monoisotopic (exact) mass is 336 g/mol. The molecule has 0 radical (unpaired) electrons. The van der Waals surface area contributed by atoms with Crippen molar-refractivity contribution in [1.29, 1.82) is 0 Å². The highest BCUT2D eigenvalue weighted by molar-refractivity contribution is 9.10. The summed E-state index contributed by atoms with van der Waals surface area (Å²) in [4.78, 5) is 0. The van der Waals surface area contributed by atoms with Crippen LogP contribution in [0.25, 0.3) is 0 Å². The van der Waals surface area contributed by atoms with E-state index in [9.17, 15) is 25.5 Å². The topological polar surface area (TPSA) is 121 Å². The Morgan fingerprint density at radius 2 is 1.37 bits per heavy atom. The molecule has 1 rings (SSSR count). The molecule has 0 amide bonds. The smallest absolute Gasteiger partial charge is 0.113 e. The van der Waals surface area contributed by atoms with Gasteiger partial charge in [0.1, 0.15) is 30.5 Å². The summed E-state index contributed by atoms with van der Waals surface area (Å²) >= 11 is 3.22. The zero-order valence-electron chi connectivity index (χ0n) is 9.96. The highest BCUT2D eigenvalue weighted by Gasteiger charge is 2.34. The van der Waals surface area contributed by atoms with E-state index in [-0.39, 0.29) is 0 Å². The Balaban J connectivity index is 2.75. The lowest BCUT2D eigenvalue weighted by Crippen LogP contribution is -2.47. The van der Waals surface area contributed by atoms with E-state index >= 15 is 0 Å². The maximum atomic E-state index is 9.87. The summed E-state index contributed by atoms with van der Waals surface area (Å²) in [5.74, 6) is 0. The van der Waals surface area contributed by atoms with Crippen molar-refractivity contribution >= 4 is 15.9 Å². The van der Waals surface area contributed by atoms with E-state index in [0.717, 1.165) is 4.47 Å². The SMILES string of the molecule is OC[C@@H](O)[C@@H](O)[C@H](O)[C@@H](O)C(O)c1ccc(Br)cc1. The number of hydrogen-bond donors (Lipinski definition) is 6. The second kappa shape index (κ2) is 7.30. The van der Waals surface area contributed by atoms with Crippen molar-refractivity contribution in [2.45, 2.75) is 30.5 Å². The van der Waals surface area contributed by atoms with Crippen LogP contribution in [0, 0.1) is 0 Å². The summed E-state index contributed by atoms with van der Waals surface area (Å²) in [7, 11) is 0. The quantitative estimate of drug-likeness (QED) is 0.393. The number of aliphatic hydroxyl groups excluding tert-OH is 6. The third-order valence-corrected chi connectivity index (χ3v) is 3.34. The molecular formula is C12H17BrO6. The van der Waals surface area contributed by atoms with Gasteiger partial charge in [0, 0.05) is 4.47 Å². The highest BCUT2D eigenvalue weighted by atomic mass is 79.9. The lowest BCUT2D eigenvalue weighted by atomic mass is 9.95. The van der Waals surface area contributed by atoms with Gasteiger partial charge in [-0.1, -0.05) is 28.1 Å². The van der Waals surface area contributed by atoms with E-state index < -0.39 is 37.1 Å². The summed E-state index contributed by atoms with van der Waals surface area (Å²) in [6.07, 6.45) is -8.27. The van der Waals surface area contributed by atoms with Gasteiger partial charge in [0.2, 0.25) is 0 Å². The molecule has 6 nitrogen and oxygen atoms in total. The first-order valence-corrected chi connectivity index (χ1v) is 6.44. The van der Waals surface area contributed by atoms with Crippen LogP contribution in [0.4, 0.5) is 0 Å². The van der Waals surface area contributed by atoms with Gasteiger partial charge in [-0.3, -0.25) is 0 Å². The minimum Gasteiger partial charge on any atom is -0.394 e. The van der Waals surface area contributed by atoms with E-state index in [1.165, 1.54) is 0 Å². The van der Waals surface area contributed by atoms with Crippen LogP contribution < -0.4 is 0 Å². The van der Waals surface area contributed by atoms with Gasteiger partial charge in [0.05, 0.1) is 6.61 Å². The van der Waals surface area contributed by atoms with Crippen molar-refractivity contribution in [2.75, 3.05) is 6.61 Å². The average Bonchev–Trinajstić information content (AvgIpc) is 2.44. The maximum absolute atomic E-state index is 9.87. The molecule has 0 aliphatic carbocycles. The van der Waals surface area contributed by atoms with Crippen molar-refractivity contribution in [3.63, 3.8) is 0 Å². The zero-order chi connectivity index (χ0) is 14.6. The molecule has 0 saturated heterocycles. The van der Waals surface area contributed by atoms with Crippen LogP contribution in [0.1, 0.15) is 11.7 Å². The van der Waals surface area contributed by atoms with Crippen LogP contribution in [0.5, 0.6) is 0 Å². The molecule has 0 bridgehead atoms. The number of aliphatic hydroxyl groups is 6. The molecule has 0 spiro atoms. The van der Waals surface area contributed by atoms with Crippen molar-refractivity contribution in [1.82, 2.24) is 0 Å². The fraction of sp³-hybridized carbons (Fsp3) is 0.500. The molecule has 19 heavy (non-hydrogen) atoms. The molecule has 6 N–H and O–H groups in total. The molecule has 1 unspecified atom stereocenters. The minimum atomic E-state index is -1.79. The van der Waals surface area contributed by atoms with Gasteiger partial charge in [-0.2, -0.15) is 0 Å². The van der Waals surface area contributed by atoms with Gasteiger partial charge in [-0.25, -0.2) is 0 Å². The Bertz CT molecular complexity index is 384. The van der Waals surface area contributed by atoms with Gasteiger partial charge < -0.3 is 30.6 Å². The first-order valence-electron chi connectivity index (χ1n) is 5.65. The van der Waals surface area contributed by atoms with Gasteiger partial charge in [-0.15, -0.1) is 0 Å². The maximum Gasteiger partial charge on any atom is 0.113 e. The van der Waals surface area contributed by atoms with Crippen molar-refractivity contribution < 1.29 is 30.6 Å². The fourth-order valence-electron chi connectivity index (χ4n) is 1.58. The standard InChI is InChI=1S/C12H17BrO6/c13-7-3-1-6(2-4-7)9(16)11(18)12(19)10(17)8(15)5-14/h1-4,8-12,14-19H,5H2/t8-,9?,10-,11+,12+/m1/s1. The van der Waals surface area contributed by atoms with E-state index in [0.29, 0.717) is 5.56 Å². The zero-order valence-corrected chi connectivity index (χ0v) is 11.6. The first-order chi connectivity index (χ1) is 8.88. The van der Waals surface area contributed by atoms with Crippen molar-refractivity contribution in [2.24, 2.45) is 0 Å². The minimum absolute atomic E-state index is 0.348. The van der Waals surface area contributed by atoms with E-state index in [4.69, 9.17) is 5.11 Å². The van der Waals surface area contributed by atoms with Crippen LogP contribution in [0.15, 0.2) is 28.7 Å². The van der Waals surface area contributed by atoms with E-state index in [1.54, 1.807) is 24.3 Å². The molecular weight excluding hydrogens is 320 g/mol. The number of benzene rings is 1. The predicted octanol–water partition coefficient (Wildman–Crippen LogP) is -1.08. The predicted molar refractivity (Wildman–Crippen MR) is 70.2 cm³/mol. The fourth-order valence-corrected chi connectivity index (χ4v) is 1.85. The van der Waals surface area contributed by atoms with Crippen LogP contribution in [-0.4, -0.2) is 61.7 Å². The number of hydrogen-bond acceptors (Lipinski definition) is 6. The summed E-state index contributed by atoms with van der Waals surface area (Å²) in [6.45, 7) is -0.765. The Morgan fingerprint density at radius 1 is 0.842 bits per heavy atom. The molecule has 1 aromatic rings. The van der Waals surface area contributed by atoms with Gasteiger partial charge in [0.15, 0.2) is 0 Å².